The number of carbonyl (C=O) groups is 6. The second kappa shape index (κ2) is 16.1. The van der Waals surface area contributed by atoms with Crippen LogP contribution in [0.3, 0.4) is 0 Å². The third-order valence-corrected chi connectivity index (χ3v) is 13.0. The highest BCUT2D eigenvalue weighted by Gasteiger charge is 2.67. The number of esters is 4. The van der Waals surface area contributed by atoms with Gasteiger partial charge in [0, 0.05) is 69.0 Å². The molecule has 4 aliphatic rings. The molecular weight excluding hydrogens is 732 g/mol. The Hall–Kier alpha value is -5.04. The van der Waals surface area contributed by atoms with E-state index in [-0.39, 0.29) is 24.3 Å². The quantitative estimate of drug-likeness (QED) is 0.202. The van der Waals surface area contributed by atoms with Gasteiger partial charge in [-0.25, -0.2) is 4.79 Å². The molecule has 2 aromatic carbocycles. The molecule has 6 rings (SSSR count). The number of benzene rings is 2. The van der Waals surface area contributed by atoms with Crippen molar-refractivity contribution in [1.29, 1.82) is 0 Å². The van der Waals surface area contributed by atoms with Crippen molar-refractivity contribution in [1.82, 2.24) is 10.2 Å². The molecule has 11 atom stereocenters. The molecule has 1 heterocycles. The van der Waals surface area contributed by atoms with Gasteiger partial charge in [0.25, 0.3) is 5.91 Å². The van der Waals surface area contributed by atoms with Crippen LogP contribution in [0.4, 0.5) is 0 Å². The van der Waals surface area contributed by atoms with Crippen LogP contribution in [0.2, 0.25) is 0 Å². The van der Waals surface area contributed by atoms with E-state index in [1.165, 1.54) is 27.7 Å². The molecule has 2 saturated carbocycles. The number of aliphatic hydroxyl groups is 1. The Bertz CT molecular complexity index is 1930. The topological polar surface area (TPSA) is 175 Å². The number of rotatable bonds is 9. The zero-order chi connectivity index (χ0) is 41.6. The van der Waals surface area contributed by atoms with Crippen LogP contribution in [-0.4, -0.2) is 88.8 Å². The first-order chi connectivity index (χ1) is 26.9. The number of hydrogen-bond acceptors (Lipinski definition) is 11. The maximum Gasteiger partial charge on any atom is 0.338 e. The summed E-state index contributed by atoms with van der Waals surface area (Å²) in [5, 5.41) is 14.5. The van der Waals surface area contributed by atoms with Gasteiger partial charge in [-0.15, -0.1) is 0 Å². The molecule has 1 aliphatic heterocycles. The average Bonchev–Trinajstić information content (AvgIpc) is 3.13. The standard InChI is InChI=1S/C44H54N2O11/c1-23-33(57-42(53)37(51)36(28-15-11-9-12-16-28)45-41(52)29-17-13-10-14-18-29)21-31-38(54-25(3)48)35-30-22-46(24(2)47)32(30)19-20-44(35,8)40(56-27(5)50)39(55-26(4)49)34(23)43(31,6)7/h9-18,30-33,35-40,51H,19-22H2,1-8H3,(H,45,52)/t30-,31+,32-,33+,35+,36+,37-,38-,39-,40+,44-/m1/s1. The highest BCUT2D eigenvalue weighted by Crippen LogP contribution is 2.63. The zero-order valence-electron chi connectivity index (χ0n) is 33.9. The molecule has 13 heteroatoms. The molecule has 3 aliphatic carbocycles. The molecule has 13 nitrogen and oxygen atoms in total. The molecular formula is C44H54N2O11. The third kappa shape index (κ3) is 7.82. The van der Waals surface area contributed by atoms with E-state index in [1.807, 2.05) is 25.7 Å². The predicted octanol–water partition coefficient (Wildman–Crippen LogP) is 4.86. The molecule has 2 aromatic rings. The van der Waals surface area contributed by atoms with Crippen LogP contribution in [0.1, 0.15) is 96.6 Å². The van der Waals surface area contributed by atoms with Crippen molar-refractivity contribution in [3.05, 3.63) is 82.9 Å². The number of nitrogens with zero attached hydrogens (tertiary/aromatic N) is 1. The highest BCUT2D eigenvalue weighted by atomic mass is 16.6. The molecule has 306 valence electrons. The Kier molecular flexibility index (Phi) is 11.7. The van der Waals surface area contributed by atoms with Gasteiger partial charge in [-0.05, 0) is 60.4 Å². The first kappa shape index (κ1) is 41.6. The van der Waals surface area contributed by atoms with E-state index in [0.29, 0.717) is 41.7 Å². The van der Waals surface area contributed by atoms with E-state index in [1.54, 1.807) is 67.6 Å². The lowest BCUT2D eigenvalue weighted by molar-refractivity contribution is -0.234. The summed E-state index contributed by atoms with van der Waals surface area (Å²) in [5.74, 6) is -4.49. The fourth-order valence-electron chi connectivity index (χ4n) is 10.5. The van der Waals surface area contributed by atoms with E-state index >= 15 is 0 Å². The summed E-state index contributed by atoms with van der Waals surface area (Å²) in [6.07, 6.45) is -4.62. The Morgan fingerprint density at radius 3 is 2.00 bits per heavy atom. The van der Waals surface area contributed by atoms with E-state index in [2.05, 4.69) is 5.32 Å². The number of fused-ring (bicyclic) bond motifs is 5. The summed E-state index contributed by atoms with van der Waals surface area (Å²) < 4.78 is 25.0. The molecule has 2 amide bonds. The second-order valence-electron chi connectivity index (χ2n) is 16.9. The number of nitrogens with one attached hydrogen (secondary N) is 1. The summed E-state index contributed by atoms with van der Waals surface area (Å²) in [6, 6.07) is 15.7. The summed E-state index contributed by atoms with van der Waals surface area (Å²) in [5.41, 5.74) is 0.112. The molecule has 0 aromatic heterocycles. The van der Waals surface area contributed by atoms with E-state index < -0.39 is 89.0 Å². The number of carbonyl (C=O) groups excluding carboxylic acids is 6. The van der Waals surface area contributed by atoms with E-state index in [9.17, 15) is 33.9 Å². The van der Waals surface area contributed by atoms with Crippen molar-refractivity contribution in [3.8, 4) is 0 Å². The zero-order valence-corrected chi connectivity index (χ0v) is 33.9. The Labute approximate surface area is 333 Å². The average molecular weight is 787 g/mol. The number of likely N-dealkylation sites (tertiary alicyclic amines) is 1. The molecule has 2 N–H and O–H groups in total. The largest absolute Gasteiger partial charge is 0.462 e. The van der Waals surface area contributed by atoms with Crippen LogP contribution < -0.4 is 5.32 Å². The number of hydrogen-bond donors (Lipinski definition) is 2. The number of amides is 2. The van der Waals surface area contributed by atoms with Gasteiger partial charge in [0.1, 0.15) is 18.3 Å². The predicted molar refractivity (Wildman–Crippen MR) is 206 cm³/mol. The van der Waals surface area contributed by atoms with Crippen LogP contribution >= 0.6 is 0 Å². The van der Waals surface area contributed by atoms with Crippen molar-refractivity contribution < 1.29 is 52.8 Å². The summed E-state index contributed by atoms with van der Waals surface area (Å²) in [4.78, 5) is 81.2. The highest BCUT2D eigenvalue weighted by molar-refractivity contribution is 5.95. The third-order valence-electron chi connectivity index (χ3n) is 13.0. The van der Waals surface area contributed by atoms with Crippen LogP contribution in [0.5, 0.6) is 0 Å². The molecule has 3 fully saturated rings. The van der Waals surface area contributed by atoms with Crippen LogP contribution in [0.25, 0.3) is 0 Å². The smallest absolute Gasteiger partial charge is 0.338 e. The van der Waals surface area contributed by atoms with Crippen molar-refractivity contribution in [2.24, 2.45) is 28.6 Å². The van der Waals surface area contributed by atoms with Gasteiger partial charge in [0.2, 0.25) is 5.91 Å². The van der Waals surface area contributed by atoms with Gasteiger partial charge in [0.15, 0.2) is 12.2 Å². The Balaban J connectivity index is 1.46. The number of aliphatic hydroxyl groups excluding tert-OH is 1. The minimum absolute atomic E-state index is 0.0674. The van der Waals surface area contributed by atoms with Crippen molar-refractivity contribution in [2.75, 3.05) is 6.54 Å². The van der Waals surface area contributed by atoms with Gasteiger partial charge < -0.3 is 34.3 Å². The molecule has 0 spiro atoms. The molecule has 2 bridgehead atoms. The first-order valence-electron chi connectivity index (χ1n) is 19.7. The van der Waals surface area contributed by atoms with Crippen LogP contribution in [-0.2, 0) is 42.9 Å². The first-order valence-corrected chi connectivity index (χ1v) is 19.7. The van der Waals surface area contributed by atoms with Gasteiger partial charge in [-0.1, -0.05) is 69.3 Å². The van der Waals surface area contributed by atoms with Gasteiger partial charge in [-0.3, -0.25) is 24.0 Å². The Morgan fingerprint density at radius 1 is 0.825 bits per heavy atom. The lowest BCUT2D eigenvalue weighted by Gasteiger charge is -2.65. The fraction of sp³-hybridized carbons (Fsp3) is 0.545. The second-order valence-corrected chi connectivity index (χ2v) is 16.9. The summed E-state index contributed by atoms with van der Waals surface area (Å²) in [6.45, 7) is 13.5. The molecule has 0 unspecified atom stereocenters. The van der Waals surface area contributed by atoms with E-state index in [4.69, 9.17) is 18.9 Å². The Morgan fingerprint density at radius 2 is 1.42 bits per heavy atom. The van der Waals surface area contributed by atoms with Gasteiger partial charge in [-0.2, -0.15) is 0 Å². The molecule has 57 heavy (non-hydrogen) atoms. The molecule has 1 saturated heterocycles. The lowest BCUT2D eigenvalue weighted by atomic mass is 9.46. The van der Waals surface area contributed by atoms with E-state index in [0.717, 1.165) is 0 Å². The lowest BCUT2D eigenvalue weighted by Crippen LogP contribution is -2.72. The number of ether oxygens (including phenoxy) is 4. The fourth-order valence-corrected chi connectivity index (χ4v) is 10.5. The van der Waals surface area contributed by atoms with Crippen LogP contribution in [0, 0.1) is 28.6 Å². The van der Waals surface area contributed by atoms with Crippen LogP contribution in [0.15, 0.2) is 71.8 Å². The normalized spacial score (nSPS) is 31.0. The maximum atomic E-state index is 14.2. The minimum Gasteiger partial charge on any atom is -0.462 e. The SMILES string of the molecule is CC(=O)O[C@H]1[C@@H]2[C@@H]3CN(C(C)=O)[C@@H]3CC[C@@]2(C)[C@@H](OC(C)=O)[C@H](OC(C)=O)C2=C(C)[C@@H](OC(=O)[C@H](O)[C@@H](NC(=O)c3ccccc3)c3ccccc3)C[C@@H]1C2(C)C. The van der Waals surface area contributed by atoms with Crippen molar-refractivity contribution >= 4 is 35.7 Å². The monoisotopic (exact) mass is 786 g/mol. The summed E-state index contributed by atoms with van der Waals surface area (Å²) in [7, 11) is 0. The minimum atomic E-state index is -1.85. The van der Waals surface area contributed by atoms with Crippen molar-refractivity contribution in [2.45, 2.75) is 117 Å². The maximum absolute atomic E-state index is 14.2. The van der Waals surface area contributed by atoms with Gasteiger partial charge >= 0.3 is 23.9 Å². The van der Waals surface area contributed by atoms with Crippen molar-refractivity contribution in [3.63, 3.8) is 0 Å². The van der Waals surface area contributed by atoms with Gasteiger partial charge in [0.05, 0.1) is 6.04 Å². The molecule has 0 radical (unpaired) electrons. The summed E-state index contributed by atoms with van der Waals surface area (Å²) >= 11 is 0.